The topological polar surface area (TPSA) is 143 Å². The summed E-state index contributed by atoms with van der Waals surface area (Å²) in [5, 5.41) is 13.4. The molecule has 11 nitrogen and oxygen atoms in total. The summed E-state index contributed by atoms with van der Waals surface area (Å²) in [7, 11) is -1.11. The third kappa shape index (κ3) is 5.81. The summed E-state index contributed by atoms with van der Waals surface area (Å²) in [5.74, 6) is -1.12. The van der Waals surface area contributed by atoms with Gasteiger partial charge in [0.05, 0.1) is 32.3 Å². The monoisotopic (exact) mass is 445 g/mol. The largest absolute Gasteiger partial charge is 0.493 e. The number of hydrogen-bond donors (Lipinski definition) is 3. The molecule has 1 atom stereocenters. The first-order valence-electron chi connectivity index (χ1n) is 9.37. The maximum Gasteiger partial charge on any atom is 0.309 e. The van der Waals surface area contributed by atoms with E-state index in [1.54, 1.807) is 0 Å². The summed E-state index contributed by atoms with van der Waals surface area (Å²) in [4.78, 5) is 23.6. The van der Waals surface area contributed by atoms with Gasteiger partial charge in [-0.25, -0.2) is 8.42 Å². The summed E-state index contributed by atoms with van der Waals surface area (Å²) in [6.45, 7) is 0.364. The Morgan fingerprint density at radius 2 is 1.90 bits per heavy atom. The number of amides is 2. The predicted octanol–water partition coefficient (Wildman–Crippen LogP) is -0.944. The molecule has 1 saturated heterocycles. The lowest BCUT2D eigenvalue weighted by Gasteiger charge is -2.34. The number of methoxy groups -OCH3 is 2. The van der Waals surface area contributed by atoms with Crippen molar-refractivity contribution in [2.75, 3.05) is 47.1 Å². The van der Waals surface area contributed by atoms with Gasteiger partial charge in [0.2, 0.25) is 10.0 Å². The fourth-order valence-corrected chi connectivity index (χ4v) is 4.42. The van der Waals surface area contributed by atoms with Crippen LogP contribution in [0.3, 0.4) is 0 Å². The molecule has 2 amide bonds. The lowest BCUT2D eigenvalue weighted by atomic mass is 10.3. The van der Waals surface area contributed by atoms with Gasteiger partial charge in [-0.15, -0.1) is 0 Å². The molecule has 1 heterocycles. The zero-order valence-electron chi connectivity index (χ0n) is 16.9. The smallest absolute Gasteiger partial charge is 0.309 e. The Morgan fingerprint density at radius 3 is 2.57 bits per heavy atom. The zero-order chi connectivity index (χ0) is 22.1. The molecule has 12 heteroatoms. The quantitative estimate of drug-likeness (QED) is 0.326. The van der Waals surface area contributed by atoms with Crippen molar-refractivity contribution in [1.29, 1.82) is 0 Å². The third-order valence-electron chi connectivity index (χ3n) is 4.38. The van der Waals surface area contributed by atoms with E-state index in [0.29, 0.717) is 25.2 Å². The molecule has 0 aliphatic carbocycles. The second-order valence-corrected chi connectivity index (χ2v) is 8.25. The van der Waals surface area contributed by atoms with E-state index in [-0.39, 0.29) is 36.9 Å². The molecule has 0 spiro atoms. The van der Waals surface area contributed by atoms with Crippen molar-refractivity contribution in [2.45, 2.75) is 24.0 Å². The van der Waals surface area contributed by atoms with E-state index in [4.69, 9.17) is 19.3 Å². The molecule has 1 aromatic rings. The maximum atomic E-state index is 13.2. The van der Waals surface area contributed by atoms with Crippen LogP contribution in [0, 0.1) is 0 Å². The summed E-state index contributed by atoms with van der Waals surface area (Å²) >= 11 is 0. The highest BCUT2D eigenvalue weighted by Crippen LogP contribution is 2.31. The van der Waals surface area contributed by atoms with Crippen LogP contribution in [0.2, 0.25) is 0 Å². The Hall–Kier alpha value is -2.41. The number of ether oxygens (including phenoxy) is 3. The van der Waals surface area contributed by atoms with Crippen LogP contribution in [-0.2, 0) is 24.3 Å². The molecule has 0 bridgehead atoms. The molecule has 0 aromatic heterocycles. The van der Waals surface area contributed by atoms with E-state index in [9.17, 15) is 18.0 Å². The normalized spacial score (nSPS) is 17.2. The van der Waals surface area contributed by atoms with Gasteiger partial charge in [0, 0.05) is 25.8 Å². The highest BCUT2D eigenvalue weighted by atomic mass is 32.2. The number of carbonyl (C=O) groups excluding carboxylic acids is 2. The Kier molecular flexibility index (Phi) is 8.84. The second kappa shape index (κ2) is 11.1. The minimum Gasteiger partial charge on any atom is -0.493 e. The van der Waals surface area contributed by atoms with E-state index in [1.165, 1.54) is 32.4 Å². The van der Waals surface area contributed by atoms with Gasteiger partial charge >= 0.3 is 11.8 Å². The molecule has 1 fully saturated rings. The molecule has 0 radical (unpaired) electrons. The van der Waals surface area contributed by atoms with E-state index >= 15 is 0 Å². The molecular formula is C18H27N3O8S. The van der Waals surface area contributed by atoms with Crippen molar-refractivity contribution in [2.24, 2.45) is 0 Å². The molecular weight excluding hydrogens is 418 g/mol. The van der Waals surface area contributed by atoms with Gasteiger partial charge in [-0.05, 0) is 25.0 Å². The van der Waals surface area contributed by atoms with E-state index in [1.807, 2.05) is 0 Å². The van der Waals surface area contributed by atoms with E-state index in [0.717, 1.165) is 4.31 Å². The van der Waals surface area contributed by atoms with Crippen LogP contribution in [0.5, 0.6) is 11.5 Å². The molecule has 168 valence electrons. The lowest BCUT2D eigenvalue weighted by Crippen LogP contribution is -2.53. The van der Waals surface area contributed by atoms with Crippen molar-refractivity contribution in [3.05, 3.63) is 18.2 Å². The van der Waals surface area contributed by atoms with E-state index < -0.39 is 28.1 Å². The first-order valence-corrected chi connectivity index (χ1v) is 10.8. The van der Waals surface area contributed by atoms with Gasteiger partial charge in [0.15, 0.2) is 11.5 Å². The summed E-state index contributed by atoms with van der Waals surface area (Å²) in [6, 6.07) is 4.24. The van der Waals surface area contributed by atoms with Gasteiger partial charge in [-0.2, -0.15) is 4.31 Å². The summed E-state index contributed by atoms with van der Waals surface area (Å²) in [6.07, 6.45) is -0.160. The highest BCUT2D eigenvalue weighted by Gasteiger charge is 2.35. The van der Waals surface area contributed by atoms with Crippen LogP contribution in [-0.4, -0.2) is 82.9 Å². The van der Waals surface area contributed by atoms with Crippen LogP contribution in [0.15, 0.2) is 23.1 Å². The average molecular weight is 445 g/mol. The number of hydrogen-bond acceptors (Lipinski definition) is 8. The summed E-state index contributed by atoms with van der Waals surface area (Å²) < 4.78 is 43.3. The first-order chi connectivity index (χ1) is 14.3. The number of benzene rings is 1. The molecule has 30 heavy (non-hydrogen) atoms. The number of aliphatic hydroxyl groups excluding tert-OH is 1. The molecule has 1 aromatic carbocycles. The molecule has 3 N–H and O–H groups in total. The van der Waals surface area contributed by atoms with Crippen molar-refractivity contribution in [1.82, 2.24) is 14.9 Å². The highest BCUT2D eigenvalue weighted by molar-refractivity contribution is 7.89. The minimum atomic E-state index is -3.96. The van der Waals surface area contributed by atoms with Crippen LogP contribution >= 0.6 is 0 Å². The number of carbonyl (C=O) groups is 2. The zero-order valence-corrected chi connectivity index (χ0v) is 17.7. The Bertz CT molecular complexity index is 846. The van der Waals surface area contributed by atoms with Crippen LogP contribution in [0.25, 0.3) is 0 Å². The number of sulfonamides is 1. The second-order valence-electron chi connectivity index (χ2n) is 6.35. The molecule has 0 unspecified atom stereocenters. The van der Waals surface area contributed by atoms with Crippen LogP contribution in [0.4, 0.5) is 0 Å². The van der Waals surface area contributed by atoms with Crippen molar-refractivity contribution in [3.8, 4) is 11.5 Å². The standard InChI is InChI=1S/C18H27N3O8S/c1-27-14-6-5-13(11-15(14)28-2)30(25,26)21-8-4-10-29-16(21)12-20-18(24)17(23)19-7-3-9-22/h5-6,11,16,22H,3-4,7-10,12H2,1-2H3,(H,19,23)(H,20,24)/t16-/m1/s1. The Labute approximate surface area is 175 Å². The number of rotatable bonds is 9. The van der Waals surface area contributed by atoms with Gasteiger partial charge in [-0.3, -0.25) is 9.59 Å². The molecule has 0 saturated carbocycles. The SMILES string of the molecule is COc1ccc(S(=O)(=O)N2CCCO[C@@H]2CNC(=O)C(=O)NCCCO)cc1OC. The van der Waals surface area contributed by atoms with Gasteiger partial charge < -0.3 is 30.0 Å². The molecule has 1 aliphatic rings. The van der Waals surface area contributed by atoms with E-state index in [2.05, 4.69) is 10.6 Å². The predicted molar refractivity (Wildman–Crippen MR) is 106 cm³/mol. The van der Waals surface area contributed by atoms with Crippen molar-refractivity contribution >= 4 is 21.8 Å². The first kappa shape index (κ1) is 23.9. The third-order valence-corrected chi connectivity index (χ3v) is 6.26. The molecule has 2 rings (SSSR count). The van der Waals surface area contributed by atoms with Gasteiger partial charge in [0.25, 0.3) is 0 Å². The lowest BCUT2D eigenvalue weighted by molar-refractivity contribution is -0.140. The van der Waals surface area contributed by atoms with Crippen molar-refractivity contribution < 1.29 is 37.3 Å². The number of nitrogens with zero attached hydrogens (tertiary/aromatic N) is 1. The molecule has 1 aliphatic heterocycles. The fraction of sp³-hybridized carbons (Fsp3) is 0.556. The number of aliphatic hydroxyl groups is 1. The average Bonchev–Trinajstić information content (AvgIpc) is 2.77. The van der Waals surface area contributed by atoms with Gasteiger partial charge in [-0.1, -0.05) is 0 Å². The number of nitrogens with one attached hydrogen (secondary N) is 2. The van der Waals surface area contributed by atoms with Gasteiger partial charge in [0.1, 0.15) is 6.23 Å². The fourth-order valence-electron chi connectivity index (χ4n) is 2.84. The Morgan fingerprint density at radius 1 is 1.20 bits per heavy atom. The van der Waals surface area contributed by atoms with Crippen molar-refractivity contribution in [3.63, 3.8) is 0 Å². The Balaban J connectivity index is 2.11. The van der Waals surface area contributed by atoms with Crippen LogP contribution in [0.1, 0.15) is 12.8 Å². The van der Waals surface area contributed by atoms with Crippen LogP contribution < -0.4 is 20.1 Å². The maximum absolute atomic E-state index is 13.2. The summed E-state index contributed by atoms with van der Waals surface area (Å²) in [5.41, 5.74) is 0. The minimum absolute atomic E-state index is 0.0104.